The molecule has 0 radical (unpaired) electrons. The number of benzene rings is 8. The third-order valence-corrected chi connectivity index (χ3v) is 18.5. The summed E-state index contributed by atoms with van der Waals surface area (Å²) in [5.41, 5.74) is 20.4. The molecule has 15 rings (SSSR count). The Morgan fingerprint density at radius 2 is 1.12 bits per heavy atom. The van der Waals surface area contributed by atoms with E-state index in [9.17, 15) is 0 Å². The maximum absolute atomic E-state index is 5.45. The van der Waals surface area contributed by atoms with Crippen molar-refractivity contribution in [2.45, 2.75) is 33.1 Å². The summed E-state index contributed by atoms with van der Waals surface area (Å²) in [4.78, 5) is 16.1. The Bertz CT molecular complexity index is 4870. The number of fused-ring (bicyclic) bond motifs is 11. The van der Waals surface area contributed by atoms with Gasteiger partial charge < -0.3 is 4.57 Å². The second-order valence-corrected chi connectivity index (χ2v) is 22.7. The standard InChI is InChI=1S/C72H54N7P/c1-3-55-57-29-19-33-66(55)78(68-34-20-30-58-65-32-16-18-42-77(65)80(71(58)68)76-41-17-15-31-64(57)76)54-38-39-62(73-47-54)53-37-40-67-60(44-53)61-43-52(36-35-49-22-7-4-8-23-49)59(56-28-14-13-21-48(56)2)45-69(61)79(67)70-46-63(50-24-9-5-10-25-50)74-72(75-70)51-26-11-6-12-27-51/h4-34,37-47H,3,35-36H2,1-2H3/q+2. The minimum atomic E-state index is -1.03. The molecule has 7 nitrogen and oxygen atoms in total. The van der Waals surface area contributed by atoms with Crippen LogP contribution in [0.15, 0.2) is 255 Å². The van der Waals surface area contributed by atoms with Crippen LogP contribution in [-0.4, -0.2) is 24.1 Å². The van der Waals surface area contributed by atoms with Crippen LogP contribution in [0.5, 0.6) is 0 Å². The molecule has 7 aromatic heterocycles. The number of rotatable bonds is 10. The minimum Gasteiger partial charge on any atom is -0.307 e. The van der Waals surface area contributed by atoms with Gasteiger partial charge in [-0.25, -0.2) is 9.97 Å². The average Bonchev–Trinajstić information content (AvgIpc) is 4.27. The fourth-order valence-corrected chi connectivity index (χ4v) is 14.9. The van der Waals surface area contributed by atoms with Crippen molar-refractivity contribution in [3.63, 3.8) is 0 Å². The van der Waals surface area contributed by atoms with Gasteiger partial charge in [-0.3, -0.25) is 9.55 Å². The number of hydrogen-bond acceptors (Lipinski definition) is 3. The molecule has 2 bridgehead atoms. The van der Waals surface area contributed by atoms with Crippen LogP contribution in [0.4, 0.5) is 0 Å². The van der Waals surface area contributed by atoms with E-state index in [1.807, 2.05) is 6.07 Å². The van der Waals surface area contributed by atoms with E-state index in [1.165, 1.54) is 71.3 Å². The zero-order chi connectivity index (χ0) is 53.3. The molecule has 0 aliphatic heterocycles. The normalized spacial score (nSPS) is 12.0. The van der Waals surface area contributed by atoms with E-state index >= 15 is 0 Å². The lowest BCUT2D eigenvalue weighted by Crippen LogP contribution is -2.26. The van der Waals surface area contributed by atoms with Gasteiger partial charge in [-0.1, -0.05) is 140 Å². The molecule has 0 saturated carbocycles. The smallest absolute Gasteiger partial charge is 0.307 e. The Balaban J connectivity index is 0.963. The zero-order valence-corrected chi connectivity index (χ0v) is 45.3. The van der Waals surface area contributed by atoms with E-state index in [0.717, 1.165) is 80.7 Å². The van der Waals surface area contributed by atoms with Gasteiger partial charge in [0, 0.05) is 57.8 Å². The largest absolute Gasteiger partial charge is 0.450 e. The van der Waals surface area contributed by atoms with E-state index in [0.29, 0.717) is 5.82 Å². The summed E-state index contributed by atoms with van der Waals surface area (Å²) in [5.74, 6) is 1.48. The van der Waals surface area contributed by atoms with Gasteiger partial charge in [0.1, 0.15) is 5.82 Å². The van der Waals surface area contributed by atoms with Crippen LogP contribution in [0, 0.1) is 6.92 Å². The fraction of sp³-hybridized carbons (Fsp3) is 0.0694. The Labute approximate surface area is 464 Å². The van der Waals surface area contributed by atoms with Crippen molar-refractivity contribution < 1.29 is 8.33 Å². The van der Waals surface area contributed by atoms with E-state index < -0.39 is 7.66 Å². The van der Waals surface area contributed by atoms with Crippen LogP contribution in [0.1, 0.15) is 29.2 Å². The number of aryl methyl sites for hydroxylation is 4. The number of hydrogen-bond donors (Lipinski definition) is 0. The predicted octanol–water partition coefficient (Wildman–Crippen LogP) is 16.9. The lowest BCUT2D eigenvalue weighted by Gasteiger charge is -2.15. The highest BCUT2D eigenvalue weighted by Crippen LogP contribution is 2.42. The van der Waals surface area contributed by atoms with Crippen LogP contribution in [0.25, 0.3) is 116 Å². The van der Waals surface area contributed by atoms with Gasteiger partial charge >= 0.3 is 7.66 Å². The highest BCUT2D eigenvalue weighted by Gasteiger charge is 2.29. The van der Waals surface area contributed by atoms with Crippen molar-refractivity contribution >= 4 is 67.4 Å². The summed E-state index contributed by atoms with van der Waals surface area (Å²) >= 11 is 0. The van der Waals surface area contributed by atoms with Gasteiger partial charge in [-0.15, -0.1) is 8.33 Å². The van der Waals surface area contributed by atoms with Crippen LogP contribution >= 0.6 is 7.66 Å². The molecule has 1 unspecified atom stereocenters. The molecule has 0 spiro atoms. The predicted molar refractivity (Wildman–Crippen MR) is 329 cm³/mol. The summed E-state index contributed by atoms with van der Waals surface area (Å²) < 4.78 is 9.85. The second-order valence-electron chi connectivity index (χ2n) is 20.8. The fourth-order valence-electron chi connectivity index (χ4n) is 12.4. The molecule has 0 N–H and O–H groups in total. The summed E-state index contributed by atoms with van der Waals surface area (Å²) in [7, 11) is -1.03. The summed E-state index contributed by atoms with van der Waals surface area (Å²) in [6.07, 6.45) is 9.27. The molecular weight excluding hydrogens is 994 g/mol. The second kappa shape index (κ2) is 19.6. The molecule has 8 heteroatoms. The molecule has 380 valence electrons. The first kappa shape index (κ1) is 47.4. The van der Waals surface area contributed by atoms with Crippen LogP contribution in [0.2, 0.25) is 0 Å². The Kier molecular flexibility index (Phi) is 11.6. The van der Waals surface area contributed by atoms with Gasteiger partial charge in [0.2, 0.25) is 11.0 Å². The monoisotopic (exact) mass is 1050 g/mol. The summed E-state index contributed by atoms with van der Waals surface area (Å²) in [6, 6.07) is 85.6. The van der Waals surface area contributed by atoms with E-state index in [1.54, 1.807) is 0 Å². The molecule has 0 aliphatic rings. The zero-order valence-electron chi connectivity index (χ0n) is 44.4. The number of pyridine rings is 3. The third-order valence-electron chi connectivity index (χ3n) is 16.1. The van der Waals surface area contributed by atoms with Crippen LogP contribution < -0.4 is 8.33 Å². The van der Waals surface area contributed by atoms with Crippen LogP contribution in [0.3, 0.4) is 0 Å². The van der Waals surface area contributed by atoms with E-state index in [2.05, 4.69) is 280 Å². The third kappa shape index (κ3) is 7.92. The quantitative estimate of drug-likeness (QED) is 0.137. The molecular formula is C72H54N7P+2. The molecule has 7 heterocycles. The first-order chi connectivity index (χ1) is 39.6. The molecule has 8 aromatic carbocycles. The molecule has 80 heavy (non-hydrogen) atoms. The van der Waals surface area contributed by atoms with Crippen molar-refractivity contribution in [2.75, 3.05) is 0 Å². The molecule has 0 saturated heterocycles. The minimum absolute atomic E-state index is 0.675. The van der Waals surface area contributed by atoms with Gasteiger partial charge in [0.05, 0.1) is 56.1 Å². The highest BCUT2D eigenvalue weighted by molar-refractivity contribution is 7.38. The lowest BCUT2D eigenvalue weighted by atomic mass is 9.91. The van der Waals surface area contributed by atoms with Crippen molar-refractivity contribution in [3.05, 3.63) is 277 Å². The average molecular weight is 1050 g/mol. The van der Waals surface area contributed by atoms with Gasteiger partial charge in [0.15, 0.2) is 23.3 Å². The molecule has 0 amide bonds. The van der Waals surface area contributed by atoms with Gasteiger partial charge in [0.25, 0.3) is 0 Å². The lowest BCUT2D eigenvalue weighted by molar-refractivity contribution is -0.510. The molecule has 15 aromatic rings. The van der Waals surface area contributed by atoms with Crippen molar-refractivity contribution in [3.8, 4) is 56.5 Å². The van der Waals surface area contributed by atoms with Crippen LogP contribution in [-0.2, 0) is 19.3 Å². The maximum Gasteiger partial charge on any atom is 0.450 e. The maximum atomic E-state index is 5.45. The first-order valence-corrected chi connectivity index (χ1v) is 28.9. The van der Waals surface area contributed by atoms with Crippen molar-refractivity contribution in [2.24, 2.45) is 0 Å². The topological polar surface area (TPSA) is 56.7 Å². The van der Waals surface area contributed by atoms with Crippen molar-refractivity contribution in [1.82, 2.24) is 24.1 Å². The van der Waals surface area contributed by atoms with Gasteiger partial charge in [-0.05, 0) is 132 Å². The Morgan fingerprint density at radius 1 is 0.450 bits per heavy atom. The van der Waals surface area contributed by atoms with E-state index in [4.69, 9.17) is 15.0 Å². The molecule has 0 aliphatic carbocycles. The number of nitrogens with zero attached hydrogens (tertiary/aromatic N) is 7. The molecule has 1 atom stereocenters. The van der Waals surface area contributed by atoms with E-state index in [-0.39, 0.29) is 0 Å². The van der Waals surface area contributed by atoms with Crippen molar-refractivity contribution in [1.29, 1.82) is 0 Å². The summed E-state index contributed by atoms with van der Waals surface area (Å²) in [6.45, 7) is 4.50. The first-order valence-electron chi connectivity index (χ1n) is 27.6. The SMILES string of the molecule is CCc1c2cccc1n(-c1ccc(-c3ccc4c(c3)c3cc(CCc5ccccc5)c(-c5ccccc5C)cc3n4-c3cc(-c4ccccc4)nc(-c4ccccc4)n3)nc1)c1cccc3c4cccc[n+]4p(c31)[n+]1ccccc21. The summed E-state index contributed by atoms with van der Waals surface area (Å²) in [5, 5.41) is 6.13. The molecule has 0 fully saturated rings. The number of aromatic nitrogens is 7. The highest BCUT2D eigenvalue weighted by atomic mass is 31.1. The Morgan fingerprint density at radius 3 is 1.86 bits per heavy atom. The Hall–Kier alpha value is -9.81. The van der Waals surface area contributed by atoms with Gasteiger partial charge in [-0.2, -0.15) is 0 Å².